The van der Waals surface area contributed by atoms with E-state index in [0.717, 1.165) is 12.1 Å². The van der Waals surface area contributed by atoms with Crippen molar-refractivity contribution in [3.63, 3.8) is 0 Å². The number of ether oxygens (including phenoxy) is 3. The van der Waals surface area contributed by atoms with Crippen LogP contribution < -0.4 is 0 Å². The molecule has 1 fully saturated rings. The van der Waals surface area contributed by atoms with E-state index < -0.39 is 23.8 Å². The third-order valence-corrected chi connectivity index (χ3v) is 5.03. The van der Waals surface area contributed by atoms with Gasteiger partial charge >= 0.3 is 6.18 Å². The number of carbonyl (C=O) groups is 1. The van der Waals surface area contributed by atoms with Crippen molar-refractivity contribution < 1.29 is 37.3 Å². The molecule has 0 spiro atoms. The predicted molar refractivity (Wildman–Crippen MR) is 112 cm³/mol. The van der Waals surface area contributed by atoms with Crippen LogP contribution in [0.25, 0.3) is 0 Å². The lowest BCUT2D eigenvalue weighted by molar-refractivity contribution is -0.137. The lowest BCUT2D eigenvalue weighted by Crippen LogP contribution is -2.51. The summed E-state index contributed by atoms with van der Waals surface area (Å²) < 4.78 is 55.5. The quantitative estimate of drug-likeness (QED) is 0.544. The van der Waals surface area contributed by atoms with Gasteiger partial charge in [0.05, 0.1) is 43.7 Å². The van der Waals surface area contributed by atoms with Gasteiger partial charge in [-0.1, -0.05) is 6.07 Å². The van der Waals surface area contributed by atoms with Crippen molar-refractivity contribution in [2.75, 3.05) is 59.7 Å². The Bertz CT molecular complexity index is 717. The normalized spacial score (nSPS) is 18.7. The molecule has 1 N–H and O–H groups in total. The molecule has 10 heteroatoms. The van der Waals surface area contributed by atoms with Crippen LogP contribution in [-0.2, 0) is 20.4 Å². The molecular weight excluding hydrogens is 429 g/mol. The SMILES string of the molecule is COCCN(C[C@H]1CN(C[C@@H](O)COC(C)C)CCO1)C(=O)c1cccc(C(F)(F)F)c1. The molecule has 1 aromatic carbocycles. The number of rotatable bonds is 11. The third-order valence-electron chi connectivity index (χ3n) is 5.03. The van der Waals surface area contributed by atoms with E-state index in [4.69, 9.17) is 14.2 Å². The molecule has 1 aliphatic heterocycles. The number of amides is 1. The molecule has 182 valence electrons. The maximum atomic E-state index is 13.1. The molecule has 32 heavy (non-hydrogen) atoms. The number of aliphatic hydroxyl groups is 1. The van der Waals surface area contributed by atoms with Gasteiger partial charge in [-0.3, -0.25) is 9.69 Å². The fourth-order valence-corrected chi connectivity index (χ4v) is 3.45. The van der Waals surface area contributed by atoms with Crippen LogP contribution in [0.1, 0.15) is 29.8 Å². The highest BCUT2D eigenvalue weighted by Gasteiger charge is 2.32. The number of hydrogen-bond acceptors (Lipinski definition) is 6. The molecule has 0 unspecified atom stereocenters. The van der Waals surface area contributed by atoms with Crippen LogP contribution >= 0.6 is 0 Å². The highest BCUT2D eigenvalue weighted by molar-refractivity contribution is 5.94. The smallest absolute Gasteiger partial charge is 0.389 e. The topological polar surface area (TPSA) is 71.5 Å². The van der Waals surface area contributed by atoms with Crippen LogP contribution in [0.3, 0.4) is 0 Å². The zero-order chi connectivity index (χ0) is 23.7. The fourth-order valence-electron chi connectivity index (χ4n) is 3.45. The summed E-state index contributed by atoms with van der Waals surface area (Å²) in [5.41, 5.74) is -0.905. The van der Waals surface area contributed by atoms with Crippen LogP contribution in [0, 0.1) is 0 Å². The first-order valence-electron chi connectivity index (χ1n) is 10.7. The minimum Gasteiger partial charge on any atom is -0.389 e. The van der Waals surface area contributed by atoms with Crippen LogP contribution in [0.15, 0.2) is 24.3 Å². The molecule has 1 aromatic rings. The Labute approximate surface area is 187 Å². The van der Waals surface area contributed by atoms with E-state index in [0.29, 0.717) is 26.2 Å². The van der Waals surface area contributed by atoms with Crippen molar-refractivity contribution in [2.45, 2.75) is 38.3 Å². The molecule has 2 rings (SSSR count). The molecular formula is C22H33F3N2O5. The van der Waals surface area contributed by atoms with E-state index in [1.807, 2.05) is 18.7 Å². The molecule has 1 aliphatic rings. The number of hydrogen-bond donors (Lipinski definition) is 1. The van der Waals surface area contributed by atoms with Gasteiger partial charge < -0.3 is 24.2 Å². The molecule has 1 amide bonds. The summed E-state index contributed by atoms with van der Waals surface area (Å²) in [6.45, 7) is 6.64. The highest BCUT2D eigenvalue weighted by Crippen LogP contribution is 2.29. The largest absolute Gasteiger partial charge is 0.416 e. The Hall–Kier alpha value is -1.72. The summed E-state index contributed by atoms with van der Waals surface area (Å²) in [6, 6.07) is 4.40. The number of aliphatic hydroxyl groups excluding tert-OH is 1. The summed E-state index contributed by atoms with van der Waals surface area (Å²) in [6.07, 6.45) is -5.49. The van der Waals surface area contributed by atoms with Crippen LogP contribution in [-0.4, -0.2) is 98.8 Å². The van der Waals surface area contributed by atoms with Crippen LogP contribution in [0.4, 0.5) is 13.2 Å². The maximum Gasteiger partial charge on any atom is 0.416 e. The maximum absolute atomic E-state index is 13.1. The molecule has 1 heterocycles. The van der Waals surface area contributed by atoms with Crippen molar-refractivity contribution in [1.29, 1.82) is 0 Å². The van der Waals surface area contributed by atoms with Crippen molar-refractivity contribution in [1.82, 2.24) is 9.80 Å². The summed E-state index contributed by atoms with van der Waals surface area (Å²) in [4.78, 5) is 16.5. The number of nitrogens with zero attached hydrogens (tertiary/aromatic N) is 2. The lowest BCUT2D eigenvalue weighted by Gasteiger charge is -2.36. The second-order valence-electron chi connectivity index (χ2n) is 8.11. The standard InChI is InChI=1S/C22H33F3N2O5/c1-16(2)32-15-19(28)12-26-7-10-31-20(13-26)14-27(8-9-30-3)21(29)17-5-4-6-18(11-17)22(23,24)25/h4-6,11,16,19-20,28H,7-10,12-15H2,1-3H3/t19-,20-/m1/s1. The Kier molecular flexibility index (Phi) is 10.4. The van der Waals surface area contributed by atoms with Crippen LogP contribution in [0.2, 0.25) is 0 Å². The van der Waals surface area contributed by atoms with E-state index in [-0.39, 0.29) is 44.1 Å². The number of β-amino-alcohol motifs (C(OH)–C–C–N with tert-alkyl or cyclic N) is 1. The molecule has 7 nitrogen and oxygen atoms in total. The Balaban J connectivity index is 2.02. The summed E-state index contributed by atoms with van der Waals surface area (Å²) in [5.74, 6) is -0.515. The lowest BCUT2D eigenvalue weighted by atomic mass is 10.1. The van der Waals surface area contributed by atoms with Gasteiger partial charge in [0.2, 0.25) is 0 Å². The van der Waals surface area contributed by atoms with Gasteiger partial charge in [-0.15, -0.1) is 0 Å². The highest BCUT2D eigenvalue weighted by atomic mass is 19.4. The molecule has 0 bridgehead atoms. The first-order chi connectivity index (χ1) is 15.1. The number of methoxy groups -OCH3 is 1. The molecule has 0 saturated carbocycles. The van der Waals surface area contributed by atoms with E-state index in [2.05, 4.69) is 0 Å². The minimum absolute atomic E-state index is 0.0262. The predicted octanol–water partition coefficient (Wildman–Crippen LogP) is 2.28. The molecule has 0 aliphatic carbocycles. The van der Waals surface area contributed by atoms with Crippen molar-refractivity contribution in [3.05, 3.63) is 35.4 Å². The minimum atomic E-state index is -4.53. The van der Waals surface area contributed by atoms with E-state index >= 15 is 0 Å². The zero-order valence-corrected chi connectivity index (χ0v) is 18.8. The van der Waals surface area contributed by atoms with E-state index in [1.165, 1.54) is 24.1 Å². The van der Waals surface area contributed by atoms with Crippen molar-refractivity contribution in [2.24, 2.45) is 0 Å². The van der Waals surface area contributed by atoms with E-state index in [1.54, 1.807) is 0 Å². The average molecular weight is 463 g/mol. The number of carbonyl (C=O) groups excluding carboxylic acids is 1. The van der Waals surface area contributed by atoms with Gasteiger partial charge in [-0.25, -0.2) is 0 Å². The summed E-state index contributed by atoms with van der Waals surface area (Å²) >= 11 is 0. The number of alkyl halides is 3. The van der Waals surface area contributed by atoms with Crippen molar-refractivity contribution in [3.8, 4) is 0 Å². The third kappa shape index (κ3) is 8.67. The number of morpholine rings is 1. The van der Waals surface area contributed by atoms with Gasteiger partial charge in [-0.05, 0) is 32.0 Å². The summed E-state index contributed by atoms with van der Waals surface area (Å²) in [7, 11) is 1.49. The molecule has 0 radical (unpaired) electrons. The van der Waals surface area contributed by atoms with Gasteiger partial charge in [0.25, 0.3) is 5.91 Å². The molecule has 0 aromatic heterocycles. The monoisotopic (exact) mass is 462 g/mol. The molecule has 1 saturated heterocycles. The fraction of sp³-hybridized carbons (Fsp3) is 0.682. The Morgan fingerprint density at radius 3 is 2.78 bits per heavy atom. The van der Waals surface area contributed by atoms with Gasteiger partial charge in [0, 0.05) is 45.4 Å². The second-order valence-corrected chi connectivity index (χ2v) is 8.11. The second kappa shape index (κ2) is 12.5. The van der Waals surface area contributed by atoms with Gasteiger partial charge in [0.1, 0.15) is 0 Å². The summed E-state index contributed by atoms with van der Waals surface area (Å²) in [5, 5.41) is 10.2. The first-order valence-corrected chi connectivity index (χ1v) is 10.7. The van der Waals surface area contributed by atoms with E-state index in [9.17, 15) is 23.1 Å². The average Bonchev–Trinajstić information content (AvgIpc) is 2.74. The number of benzene rings is 1. The number of halogens is 3. The van der Waals surface area contributed by atoms with Crippen molar-refractivity contribution >= 4 is 5.91 Å². The van der Waals surface area contributed by atoms with Gasteiger partial charge in [-0.2, -0.15) is 13.2 Å². The van der Waals surface area contributed by atoms with Gasteiger partial charge in [0.15, 0.2) is 0 Å². The Morgan fingerprint density at radius 1 is 1.38 bits per heavy atom. The zero-order valence-electron chi connectivity index (χ0n) is 18.8. The first kappa shape index (κ1) is 26.5. The van der Waals surface area contributed by atoms with Crippen LogP contribution in [0.5, 0.6) is 0 Å². The molecule has 2 atom stereocenters. The Morgan fingerprint density at radius 2 is 2.12 bits per heavy atom.